The Balaban J connectivity index is 2.39. The molecule has 0 unspecified atom stereocenters. The van der Waals surface area contributed by atoms with Gasteiger partial charge in [-0.05, 0) is 25.7 Å². The van der Waals surface area contributed by atoms with Crippen LogP contribution in [-0.2, 0) is 0 Å². The molecule has 0 saturated carbocycles. The van der Waals surface area contributed by atoms with Gasteiger partial charge in [-0.15, -0.1) is 0 Å². The molecule has 74 valence electrons. The van der Waals surface area contributed by atoms with Gasteiger partial charge >= 0.3 is 0 Å². The van der Waals surface area contributed by atoms with Crippen molar-refractivity contribution in [1.29, 1.82) is 0 Å². The predicted molar refractivity (Wildman–Crippen MR) is 54.2 cm³/mol. The second kappa shape index (κ2) is 4.45. The minimum atomic E-state index is -0.419. The lowest BCUT2D eigenvalue weighted by molar-refractivity contribution is 0.231. The van der Waals surface area contributed by atoms with E-state index in [4.69, 9.17) is 0 Å². The minimum absolute atomic E-state index is 0.419. The SMILES string of the molecule is C=C(C)C1CCN(C(=C)CF)CC1. The van der Waals surface area contributed by atoms with Crippen LogP contribution in [0.2, 0.25) is 0 Å². The molecule has 0 N–H and O–H groups in total. The van der Waals surface area contributed by atoms with E-state index in [9.17, 15) is 4.39 Å². The van der Waals surface area contributed by atoms with Crippen LogP contribution >= 0.6 is 0 Å². The molecule has 0 aromatic heterocycles. The molecule has 1 nitrogen and oxygen atoms in total. The summed E-state index contributed by atoms with van der Waals surface area (Å²) >= 11 is 0. The van der Waals surface area contributed by atoms with Crippen LogP contribution in [0.1, 0.15) is 19.8 Å². The molecule has 1 heterocycles. The molecule has 0 bridgehead atoms. The first-order chi connectivity index (χ1) is 6.15. The van der Waals surface area contributed by atoms with Crippen LogP contribution in [0.3, 0.4) is 0 Å². The third kappa shape index (κ3) is 2.58. The molecule has 0 aromatic rings. The maximum atomic E-state index is 12.3. The summed E-state index contributed by atoms with van der Waals surface area (Å²) in [7, 11) is 0. The number of rotatable bonds is 3. The van der Waals surface area contributed by atoms with E-state index in [0.29, 0.717) is 11.6 Å². The van der Waals surface area contributed by atoms with E-state index in [1.807, 2.05) is 4.90 Å². The van der Waals surface area contributed by atoms with Gasteiger partial charge in [0.25, 0.3) is 0 Å². The lowest BCUT2D eigenvalue weighted by Gasteiger charge is -2.34. The molecular formula is C11H18FN. The van der Waals surface area contributed by atoms with Gasteiger partial charge in [0, 0.05) is 18.8 Å². The van der Waals surface area contributed by atoms with E-state index in [1.165, 1.54) is 5.57 Å². The summed E-state index contributed by atoms with van der Waals surface area (Å²) in [4.78, 5) is 2.04. The molecular weight excluding hydrogens is 165 g/mol. The zero-order chi connectivity index (χ0) is 9.84. The summed E-state index contributed by atoms with van der Waals surface area (Å²) in [6.45, 7) is 11.2. The van der Waals surface area contributed by atoms with Crippen molar-refractivity contribution in [1.82, 2.24) is 4.90 Å². The molecule has 13 heavy (non-hydrogen) atoms. The molecule has 0 aliphatic carbocycles. The topological polar surface area (TPSA) is 3.24 Å². The highest BCUT2D eigenvalue weighted by atomic mass is 19.1. The molecule has 1 fully saturated rings. The van der Waals surface area contributed by atoms with Crippen molar-refractivity contribution in [3.8, 4) is 0 Å². The molecule has 1 saturated heterocycles. The van der Waals surface area contributed by atoms with Gasteiger partial charge in [-0.2, -0.15) is 0 Å². The fourth-order valence-electron chi connectivity index (χ4n) is 1.77. The van der Waals surface area contributed by atoms with Gasteiger partial charge in [0.1, 0.15) is 6.67 Å². The maximum Gasteiger partial charge on any atom is 0.128 e. The van der Waals surface area contributed by atoms with Crippen molar-refractivity contribution in [2.24, 2.45) is 5.92 Å². The van der Waals surface area contributed by atoms with E-state index < -0.39 is 6.67 Å². The number of piperidine rings is 1. The van der Waals surface area contributed by atoms with E-state index in [1.54, 1.807) is 0 Å². The van der Waals surface area contributed by atoms with Gasteiger partial charge in [-0.1, -0.05) is 18.7 Å². The summed E-state index contributed by atoms with van der Waals surface area (Å²) in [5, 5.41) is 0. The van der Waals surface area contributed by atoms with Gasteiger partial charge in [-0.25, -0.2) is 4.39 Å². The molecule has 0 atom stereocenters. The van der Waals surface area contributed by atoms with Crippen LogP contribution in [0.25, 0.3) is 0 Å². The fourth-order valence-corrected chi connectivity index (χ4v) is 1.77. The Morgan fingerprint density at radius 3 is 2.31 bits per heavy atom. The van der Waals surface area contributed by atoms with Crippen LogP contribution < -0.4 is 0 Å². The highest BCUT2D eigenvalue weighted by Gasteiger charge is 2.19. The zero-order valence-electron chi connectivity index (χ0n) is 8.35. The quantitative estimate of drug-likeness (QED) is 0.608. The van der Waals surface area contributed by atoms with E-state index in [-0.39, 0.29) is 0 Å². The van der Waals surface area contributed by atoms with Gasteiger partial charge in [0.05, 0.1) is 0 Å². The molecule has 2 heteroatoms. The van der Waals surface area contributed by atoms with Gasteiger partial charge in [0.15, 0.2) is 0 Å². The summed E-state index contributed by atoms with van der Waals surface area (Å²) < 4.78 is 12.3. The van der Waals surface area contributed by atoms with Crippen LogP contribution in [0.4, 0.5) is 4.39 Å². The summed E-state index contributed by atoms with van der Waals surface area (Å²) in [5.74, 6) is 0.628. The number of nitrogens with zero attached hydrogens (tertiary/aromatic N) is 1. The van der Waals surface area contributed by atoms with E-state index >= 15 is 0 Å². The number of allylic oxidation sites excluding steroid dienone is 2. The third-order valence-corrected chi connectivity index (χ3v) is 2.79. The fraction of sp³-hybridized carbons (Fsp3) is 0.636. The average Bonchev–Trinajstić information content (AvgIpc) is 2.17. The maximum absolute atomic E-state index is 12.3. The first-order valence-electron chi connectivity index (χ1n) is 4.79. The average molecular weight is 183 g/mol. The standard InChI is InChI=1S/C11H18FN/c1-9(2)11-4-6-13(7-5-11)10(3)8-12/h11H,1,3-8H2,2H3. The Morgan fingerprint density at radius 1 is 1.38 bits per heavy atom. The lowest BCUT2D eigenvalue weighted by Crippen LogP contribution is -2.33. The van der Waals surface area contributed by atoms with Crippen molar-refractivity contribution in [2.45, 2.75) is 19.8 Å². The smallest absolute Gasteiger partial charge is 0.128 e. The van der Waals surface area contributed by atoms with Crippen molar-refractivity contribution < 1.29 is 4.39 Å². The number of likely N-dealkylation sites (tertiary alicyclic amines) is 1. The van der Waals surface area contributed by atoms with Gasteiger partial charge < -0.3 is 4.90 Å². The number of halogens is 1. The Labute approximate surface area is 79.9 Å². The minimum Gasteiger partial charge on any atom is -0.373 e. The second-order valence-corrected chi connectivity index (χ2v) is 3.81. The van der Waals surface area contributed by atoms with Crippen LogP contribution in [0.5, 0.6) is 0 Å². The molecule has 1 rings (SSSR count). The lowest BCUT2D eigenvalue weighted by atomic mass is 9.91. The van der Waals surface area contributed by atoms with Crippen LogP contribution in [0.15, 0.2) is 24.4 Å². The zero-order valence-corrected chi connectivity index (χ0v) is 8.35. The number of hydrogen-bond acceptors (Lipinski definition) is 1. The van der Waals surface area contributed by atoms with Crippen LogP contribution in [-0.4, -0.2) is 24.7 Å². The Morgan fingerprint density at radius 2 is 1.92 bits per heavy atom. The molecule has 0 spiro atoms. The summed E-state index contributed by atoms with van der Waals surface area (Å²) in [5.41, 5.74) is 1.88. The predicted octanol–water partition coefficient (Wildman–Crippen LogP) is 2.76. The van der Waals surface area contributed by atoms with Crippen molar-refractivity contribution in [3.63, 3.8) is 0 Å². The highest BCUT2D eigenvalue weighted by molar-refractivity contribution is 5.02. The number of hydrogen-bond donors (Lipinski definition) is 0. The summed E-state index contributed by atoms with van der Waals surface area (Å²) in [6, 6.07) is 0. The molecule has 1 aliphatic heterocycles. The largest absolute Gasteiger partial charge is 0.373 e. The molecule has 0 aromatic carbocycles. The third-order valence-electron chi connectivity index (χ3n) is 2.79. The second-order valence-electron chi connectivity index (χ2n) is 3.81. The Bertz CT molecular complexity index is 202. The van der Waals surface area contributed by atoms with Crippen molar-refractivity contribution in [3.05, 3.63) is 24.4 Å². The molecule has 0 radical (unpaired) electrons. The highest BCUT2D eigenvalue weighted by Crippen LogP contribution is 2.24. The van der Waals surface area contributed by atoms with E-state index in [2.05, 4.69) is 20.1 Å². The van der Waals surface area contributed by atoms with Crippen molar-refractivity contribution in [2.75, 3.05) is 19.8 Å². The van der Waals surface area contributed by atoms with Gasteiger partial charge in [-0.3, -0.25) is 0 Å². The number of alkyl halides is 1. The van der Waals surface area contributed by atoms with Gasteiger partial charge in [0.2, 0.25) is 0 Å². The van der Waals surface area contributed by atoms with E-state index in [0.717, 1.165) is 25.9 Å². The van der Waals surface area contributed by atoms with Crippen LogP contribution in [0, 0.1) is 5.92 Å². The Kier molecular flexibility index (Phi) is 3.52. The monoisotopic (exact) mass is 183 g/mol. The Hall–Kier alpha value is -0.790. The normalized spacial score (nSPS) is 18.8. The van der Waals surface area contributed by atoms with Crippen molar-refractivity contribution >= 4 is 0 Å². The first-order valence-corrected chi connectivity index (χ1v) is 4.79. The summed E-state index contributed by atoms with van der Waals surface area (Å²) in [6.07, 6.45) is 2.18. The molecule has 1 aliphatic rings. The molecule has 0 amide bonds. The first kappa shape index (κ1) is 10.3.